The van der Waals surface area contributed by atoms with E-state index in [4.69, 9.17) is 9.47 Å². The lowest BCUT2D eigenvalue weighted by Gasteiger charge is -2.36. The highest BCUT2D eigenvalue weighted by molar-refractivity contribution is 5.76. The van der Waals surface area contributed by atoms with E-state index < -0.39 is 0 Å². The van der Waals surface area contributed by atoms with Gasteiger partial charge in [-0.1, -0.05) is 6.92 Å². The summed E-state index contributed by atoms with van der Waals surface area (Å²) in [6, 6.07) is 5.84. The van der Waals surface area contributed by atoms with E-state index in [2.05, 4.69) is 4.90 Å². The Hall–Kier alpha value is -1.91. The second-order valence-electron chi connectivity index (χ2n) is 5.16. The van der Waals surface area contributed by atoms with Crippen LogP contribution in [0.5, 0.6) is 11.5 Å². The molecule has 1 aromatic rings. The zero-order valence-electron chi connectivity index (χ0n) is 13.1. The fourth-order valence-corrected chi connectivity index (χ4v) is 2.61. The van der Waals surface area contributed by atoms with E-state index in [-0.39, 0.29) is 5.91 Å². The molecule has 1 saturated heterocycles. The molecule has 1 aliphatic heterocycles. The van der Waals surface area contributed by atoms with Crippen molar-refractivity contribution in [2.24, 2.45) is 0 Å². The third-order valence-electron chi connectivity index (χ3n) is 3.82. The second kappa shape index (κ2) is 7.20. The van der Waals surface area contributed by atoms with Gasteiger partial charge in [-0.15, -0.1) is 0 Å². The molecule has 0 unspecified atom stereocenters. The van der Waals surface area contributed by atoms with E-state index in [0.717, 1.165) is 49.8 Å². The predicted molar refractivity (Wildman–Crippen MR) is 83.2 cm³/mol. The first-order valence-electron chi connectivity index (χ1n) is 7.44. The van der Waals surface area contributed by atoms with Crippen LogP contribution in [0.1, 0.15) is 19.8 Å². The molecule has 0 saturated carbocycles. The molecule has 116 valence electrons. The number of amides is 1. The maximum absolute atomic E-state index is 11.9. The summed E-state index contributed by atoms with van der Waals surface area (Å²) in [7, 11) is 3.31. The Labute approximate surface area is 126 Å². The van der Waals surface area contributed by atoms with Crippen LogP contribution in [0.25, 0.3) is 0 Å². The van der Waals surface area contributed by atoms with Crippen molar-refractivity contribution in [1.82, 2.24) is 4.90 Å². The van der Waals surface area contributed by atoms with Crippen molar-refractivity contribution < 1.29 is 14.3 Å². The van der Waals surface area contributed by atoms with Crippen LogP contribution in [-0.2, 0) is 4.79 Å². The quantitative estimate of drug-likeness (QED) is 0.834. The van der Waals surface area contributed by atoms with Crippen molar-refractivity contribution in [3.63, 3.8) is 0 Å². The average Bonchev–Trinajstić information content (AvgIpc) is 2.54. The molecule has 0 spiro atoms. The minimum Gasteiger partial charge on any atom is -0.497 e. The van der Waals surface area contributed by atoms with Crippen LogP contribution in [0.2, 0.25) is 0 Å². The molecule has 1 amide bonds. The first-order chi connectivity index (χ1) is 10.2. The van der Waals surface area contributed by atoms with Gasteiger partial charge in [0, 0.05) is 38.7 Å². The van der Waals surface area contributed by atoms with Gasteiger partial charge in [-0.05, 0) is 18.6 Å². The summed E-state index contributed by atoms with van der Waals surface area (Å²) in [6.45, 7) is 5.24. The molecular weight excluding hydrogens is 268 g/mol. The van der Waals surface area contributed by atoms with Gasteiger partial charge in [0.15, 0.2) is 0 Å². The van der Waals surface area contributed by atoms with Crippen LogP contribution in [0.4, 0.5) is 5.69 Å². The molecule has 5 nitrogen and oxygen atoms in total. The van der Waals surface area contributed by atoms with Crippen molar-refractivity contribution in [2.75, 3.05) is 45.3 Å². The molecule has 0 aromatic heterocycles. The van der Waals surface area contributed by atoms with Crippen molar-refractivity contribution >= 4 is 11.6 Å². The first-order valence-corrected chi connectivity index (χ1v) is 7.44. The maximum atomic E-state index is 11.9. The Balaban J connectivity index is 2.03. The van der Waals surface area contributed by atoms with Gasteiger partial charge in [-0.25, -0.2) is 0 Å². The van der Waals surface area contributed by atoms with Gasteiger partial charge < -0.3 is 19.3 Å². The molecule has 2 rings (SSSR count). The summed E-state index contributed by atoms with van der Waals surface area (Å²) in [5.74, 6) is 1.86. The van der Waals surface area contributed by atoms with Gasteiger partial charge in [0.1, 0.15) is 11.5 Å². The van der Waals surface area contributed by atoms with Gasteiger partial charge in [-0.3, -0.25) is 4.79 Å². The van der Waals surface area contributed by atoms with Crippen LogP contribution in [0.3, 0.4) is 0 Å². The second-order valence-corrected chi connectivity index (χ2v) is 5.16. The first kappa shape index (κ1) is 15.5. The molecule has 1 fully saturated rings. The van der Waals surface area contributed by atoms with Crippen LogP contribution in [0, 0.1) is 0 Å². The fraction of sp³-hybridized carbons (Fsp3) is 0.562. The molecule has 0 aliphatic carbocycles. The summed E-state index contributed by atoms with van der Waals surface area (Å²) >= 11 is 0. The van der Waals surface area contributed by atoms with Crippen LogP contribution in [0.15, 0.2) is 18.2 Å². The zero-order valence-corrected chi connectivity index (χ0v) is 13.1. The average molecular weight is 292 g/mol. The lowest BCUT2D eigenvalue weighted by atomic mass is 10.2. The zero-order chi connectivity index (χ0) is 15.2. The molecule has 1 aliphatic rings. The summed E-state index contributed by atoms with van der Waals surface area (Å²) in [5, 5.41) is 0. The fourth-order valence-electron chi connectivity index (χ4n) is 2.61. The SMILES string of the molecule is CCCC(=O)N1CCN(c2ccc(OC)cc2OC)CC1. The minimum atomic E-state index is 0.263. The molecular formula is C16H24N2O3. The van der Waals surface area contributed by atoms with Crippen molar-refractivity contribution in [2.45, 2.75) is 19.8 Å². The molecule has 21 heavy (non-hydrogen) atoms. The standard InChI is InChI=1S/C16H24N2O3/c1-4-5-16(19)18-10-8-17(9-11-18)14-7-6-13(20-2)12-15(14)21-3/h6-7,12H,4-5,8-11H2,1-3H3. The lowest BCUT2D eigenvalue weighted by molar-refractivity contribution is -0.131. The molecule has 1 aromatic carbocycles. The molecule has 0 bridgehead atoms. The van der Waals surface area contributed by atoms with Crippen molar-refractivity contribution in [3.8, 4) is 11.5 Å². The number of anilines is 1. The molecule has 5 heteroatoms. The molecule has 1 heterocycles. The van der Waals surface area contributed by atoms with E-state index in [0.29, 0.717) is 6.42 Å². The van der Waals surface area contributed by atoms with E-state index in [1.54, 1.807) is 14.2 Å². The number of nitrogens with zero attached hydrogens (tertiary/aromatic N) is 2. The van der Waals surface area contributed by atoms with Gasteiger partial charge >= 0.3 is 0 Å². The van der Waals surface area contributed by atoms with Gasteiger partial charge in [0.05, 0.1) is 19.9 Å². The monoisotopic (exact) mass is 292 g/mol. The summed E-state index contributed by atoms with van der Waals surface area (Å²) in [4.78, 5) is 16.1. The van der Waals surface area contributed by atoms with Gasteiger partial charge in [0.25, 0.3) is 0 Å². The number of carbonyl (C=O) groups excluding carboxylic acids is 1. The number of benzene rings is 1. The van der Waals surface area contributed by atoms with Crippen LogP contribution in [-0.4, -0.2) is 51.2 Å². The minimum absolute atomic E-state index is 0.263. The molecule has 0 radical (unpaired) electrons. The van der Waals surface area contributed by atoms with E-state index in [1.807, 2.05) is 30.0 Å². The van der Waals surface area contributed by atoms with E-state index in [1.165, 1.54) is 0 Å². The van der Waals surface area contributed by atoms with E-state index >= 15 is 0 Å². The van der Waals surface area contributed by atoms with Crippen molar-refractivity contribution in [3.05, 3.63) is 18.2 Å². The molecule has 0 atom stereocenters. The Morgan fingerprint density at radius 1 is 1.14 bits per heavy atom. The lowest BCUT2D eigenvalue weighted by Crippen LogP contribution is -2.48. The Bertz CT molecular complexity index is 482. The van der Waals surface area contributed by atoms with E-state index in [9.17, 15) is 4.79 Å². The third-order valence-corrected chi connectivity index (χ3v) is 3.82. The van der Waals surface area contributed by atoms with Gasteiger partial charge in [-0.2, -0.15) is 0 Å². The highest BCUT2D eigenvalue weighted by atomic mass is 16.5. The van der Waals surface area contributed by atoms with Crippen molar-refractivity contribution in [1.29, 1.82) is 0 Å². The number of methoxy groups -OCH3 is 2. The van der Waals surface area contributed by atoms with Gasteiger partial charge in [0.2, 0.25) is 5.91 Å². The Kier molecular flexibility index (Phi) is 5.31. The van der Waals surface area contributed by atoms with Crippen LogP contribution < -0.4 is 14.4 Å². The Morgan fingerprint density at radius 3 is 2.43 bits per heavy atom. The number of piperazine rings is 1. The Morgan fingerprint density at radius 2 is 1.86 bits per heavy atom. The summed E-state index contributed by atoms with van der Waals surface area (Å²) < 4.78 is 10.7. The number of carbonyl (C=O) groups is 1. The number of ether oxygens (including phenoxy) is 2. The summed E-state index contributed by atoms with van der Waals surface area (Å²) in [6.07, 6.45) is 1.55. The smallest absolute Gasteiger partial charge is 0.222 e. The summed E-state index contributed by atoms with van der Waals surface area (Å²) in [5.41, 5.74) is 1.06. The third kappa shape index (κ3) is 3.60. The highest BCUT2D eigenvalue weighted by Crippen LogP contribution is 2.32. The number of rotatable bonds is 5. The molecule has 0 N–H and O–H groups in total. The highest BCUT2D eigenvalue weighted by Gasteiger charge is 2.22. The largest absolute Gasteiger partial charge is 0.497 e. The number of hydrogen-bond donors (Lipinski definition) is 0. The number of hydrogen-bond acceptors (Lipinski definition) is 4. The topological polar surface area (TPSA) is 42.0 Å². The maximum Gasteiger partial charge on any atom is 0.222 e. The normalized spacial score (nSPS) is 15.0. The predicted octanol–water partition coefficient (Wildman–Crippen LogP) is 2.15. The van der Waals surface area contributed by atoms with Crippen LogP contribution >= 0.6 is 0 Å².